The zero-order chi connectivity index (χ0) is 12.0. The maximum absolute atomic E-state index is 8.90. The van der Waals surface area contributed by atoms with E-state index in [1.54, 1.807) is 0 Å². The quantitative estimate of drug-likeness (QED) is 0.759. The van der Waals surface area contributed by atoms with Crippen LogP contribution in [0.3, 0.4) is 0 Å². The van der Waals surface area contributed by atoms with Crippen LogP contribution in [0.4, 0.5) is 0 Å². The molecule has 1 heterocycles. The summed E-state index contributed by atoms with van der Waals surface area (Å²) < 4.78 is 0. The second-order valence-corrected chi connectivity index (χ2v) is 5.27. The monoisotopic (exact) mass is 236 g/mol. The third-order valence-corrected chi connectivity index (χ3v) is 3.98. The van der Waals surface area contributed by atoms with E-state index in [1.807, 2.05) is 11.3 Å². The molecular formula is C13H20N2S. The van der Waals surface area contributed by atoms with Crippen LogP contribution in [0.5, 0.6) is 0 Å². The van der Waals surface area contributed by atoms with E-state index in [-0.39, 0.29) is 5.92 Å². The number of nitriles is 1. The number of hydrogen-bond donors (Lipinski definition) is 0. The van der Waals surface area contributed by atoms with Crippen molar-refractivity contribution >= 4 is 11.3 Å². The smallest absolute Gasteiger partial charge is 0.0669 e. The summed E-state index contributed by atoms with van der Waals surface area (Å²) in [7, 11) is 2.10. The van der Waals surface area contributed by atoms with E-state index >= 15 is 0 Å². The normalized spacial score (nSPS) is 12.7. The first-order valence-corrected chi connectivity index (χ1v) is 6.66. The van der Waals surface area contributed by atoms with E-state index in [2.05, 4.69) is 43.3 Å². The third kappa shape index (κ3) is 3.96. The van der Waals surface area contributed by atoms with Gasteiger partial charge >= 0.3 is 0 Å². The maximum atomic E-state index is 8.90. The third-order valence-electron chi connectivity index (χ3n) is 2.90. The lowest BCUT2D eigenvalue weighted by atomic mass is 10.1. The van der Waals surface area contributed by atoms with Crippen molar-refractivity contribution in [1.82, 2.24) is 4.90 Å². The zero-order valence-corrected chi connectivity index (χ0v) is 11.2. The van der Waals surface area contributed by atoms with Gasteiger partial charge in [0.1, 0.15) is 0 Å². The highest BCUT2D eigenvalue weighted by Gasteiger charge is 2.09. The number of thiophene rings is 1. The Morgan fingerprint density at radius 3 is 2.81 bits per heavy atom. The summed E-state index contributed by atoms with van der Waals surface area (Å²) in [4.78, 5) is 3.73. The lowest BCUT2D eigenvalue weighted by Gasteiger charge is -2.18. The van der Waals surface area contributed by atoms with Crippen LogP contribution in [-0.4, -0.2) is 25.0 Å². The highest BCUT2D eigenvalue weighted by Crippen LogP contribution is 2.16. The van der Waals surface area contributed by atoms with E-state index in [1.165, 1.54) is 10.4 Å². The number of likely N-dealkylation sites (N-methyl/N-ethyl adjacent to an activating group) is 1. The molecule has 0 saturated carbocycles. The molecular weight excluding hydrogens is 216 g/mol. The standard InChI is InChI=1S/C13H20N2S/c1-4-12(9-14)10-15(3)7-5-13-11(2)6-8-16-13/h6,8,12H,4-5,7,10H2,1-3H3. The van der Waals surface area contributed by atoms with Crippen molar-refractivity contribution in [3.63, 3.8) is 0 Å². The molecule has 0 aliphatic rings. The fraction of sp³-hybridized carbons (Fsp3) is 0.615. The van der Waals surface area contributed by atoms with Gasteiger partial charge in [0.15, 0.2) is 0 Å². The molecule has 1 rings (SSSR count). The van der Waals surface area contributed by atoms with Crippen LogP contribution < -0.4 is 0 Å². The van der Waals surface area contributed by atoms with Gasteiger partial charge in [-0.3, -0.25) is 0 Å². The molecule has 0 aliphatic carbocycles. The van der Waals surface area contributed by atoms with Crippen molar-refractivity contribution in [2.24, 2.45) is 5.92 Å². The summed E-state index contributed by atoms with van der Waals surface area (Å²) in [6.45, 7) is 6.16. The molecule has 1 atom stereocenters. The highest BCUT2D eigenvalue weighted by molar-refractivity contribution is 7.10. The van der Waals surface area contributed by atoms with Gasteiger partial charge < -0.3 is 4.90 Å². The molecule has 0 aromatic carbocycles. The molecule has 0 saturated heterocycles. The van der Waals surface area contributed by atoms with Crippen molar-refractivity contribution < 1.29 is 0 Å². The topological polar surface area (TPSA) is 27.0 Å². The lowest BCUT2D eigenvalue weighted by Crippen LogP contribution is -2.26. The van der Waals surface area contributed by atoms with Gasteiger partial charge in [-0.1, -0.05) is 6.92 Å². The second-order valence-electron chi connectivity index (χ2n) is 4.27. The maximum Gasteiger partial charge on any atom is 0.0669 e. The molecule has 1 unspecified atom stereocenters. The van der Waals surface area contributed by atoms with E-state index in [4.69, 9.17) is 5.26 Å². The minimum atomic E-state index is 0.175. The minimum absolute atomic E-state index is 0.175. The molecule has 0 radical (unpaired) electrons. The average Bonchev–Trinajstić information content (AvgIpc) is 2.69. The van der Waals surface area contributed by atoms with Gasteiger partial charge in [-0.05, 0) is 43.8 Å². The van der Waals surface area contributed by atoms with Gasteiger partial charge in [0, 0.05) is 18.0 Å². The molecule has 3 heteroatoms. The molecule has 88 valence electrons. The summed E-state index contributed by atoms with van der Waals surface area (Å²) >= 11 is 1.83. The summed E-state index contributed by atoms with van der Waals surface area (Å²) in [5, 5.41) is 11.0. The van der Waals surface area contributed by atoms with Crippen molar-refractivity contribution in [3.8, 4) is 6.07 Å². The first kappa shape index (κ1) is 13.2. The average molecular weight is 236 g/mol. The van der Waals surface area contributed by atoms with Crippen molar-refractivity contribution in [1.29, 1.82) is 5.26 Å². The van der Waals surface area contributed by atoms with E-state index in [0.717, 1.165) is 25.9 Å². The van der Waals surface area contributed by atoms with Gasteiger partial charge in [-0.2, -0.15) is 5.26 Å². The summed E-state index contributed by atoms with van der Waals surface area (Å²) in [6.07, 6.45) is 2.04. The van der Waals surface area contributed by atoms with Crippen LogP contribution >= 0.6 is 11.3 Å². The summed E-state index contributed by atoms with van der Waals surface area (Å²) in [6, 6.07) is 4.52. The molecule has 1 aromatic heterocycles. The van der Waals surface area contributed by atoms with Crippen LogP contribution in [0.25, 0.3) is 0 Å². The molecule has 0 amide bonds. The molecule has 0 bridgehead atoms. The Kier molecular flexibility index (Phi) is 5.51. The minimum Gasteiger partial charge on any atom is -0.305 e. The number of aryl methyl sites for hydroxylation is 1. The predicted molar refractivity (Wildman–Crippen MR) is 69.7 cm³/mol. The molecule has 2 nitrogen and oxygen atoms in total. The Labute approximate surface area is 103 Å². The fourth-order valence-electron chi connectivity index (χ4n) is 1.68. The Hall–Kier alpha value is -0.850. The molecule has 16 heavy (non-hydrogen) atoms. The molecule has 0 aliphatic heterocycles. The van der Waals surface area contributed by atoms with Gasteiger partial charge in [0.2, 0.25) is 0 Å². The van der Waals surface area contributed by atoms with Crippen molar-refractivity contribution in [2.45, 2.75) is 26.7 Å². The molecule has 0 spiro atoms. The van der Waals surface area contributed by atoms with Crippen LogP contribution in [-0.2, 0) is 6.42 Å². The van der Waals surface area contributed by atoms with Gasteiger partial charge in [-0.25, -0.2) is 0 Å². The summed E-state index contributed by atoms with van der Waals surface area (Å²) in [5.41, 5.74) is 1.39. The fourth-order valence-corrected chi connectivity index (χ4v) is 2.58. The first-order chi connectivity index (χ1) is 7.67. The van der Waals surface area contributed by atoms with E-state index in [0.29, 0.717) is 0 Å². The zero-order valence-electron chi connectivity index (χ0n) is 10.4. The predicted octanol–water partition coefficient (Wildman–Crippen LogP) is 3.08. The van der Waals surface area contributed by atoms with Crippen LogP contribution in [0.1, 0.15) is 23.8 Å². The Morgan fingerprint density at radius 1 is 1.56 bits per heavy atom. The SMILES string of the molecule is CCC(C#N)CN(C)CCc1sccc1C. The largest absolute Gasteiger partial charge is 0.305 e. The van der Waals surface area contributed by atoms with E-state index < -0.39 is 0 Å². The number of hydrogen-bond acceptors (Lipinski definition) is 3. The Balaban J connectivity index is 2.33. The second kappa shape index (κ2) is 6.67. The number of rotatable bonds is 6. The van der Waals surface area contributed by atoms with Gasteiger partial charge in [0.05, 0.1) is 12.0 Å². The summed E-state index contributed by atoms with van der Waals surface area (Å²) in [5.74, 6) is 0.175. The molecule has 1 aromatic rings. The molecule has 0 fully saturated rings. The van der Waals surface area contributed by atoms with Crippen LogP contribution in [0.15, 0.2) is 11.4 Å². The first-order valence-electron chi connectivity index (χ1n) is 5.78. The van der Waals surface area contributed by atoms with Crippen LogP contribution in [0, 0.1) is 24.2 Å². The lowest BCUT2D eigenvalue weighted by molar-refractivity contribution is 0.303. The Bertz CT molecular complexity index is 351. The van der Waals surface area contributed by atoms with Gasteiger partial charge in [-0.15, -0.1) is 11.3 Å². The highest BCUT2D eigenvalue weighted by atomic mass is 32.1. The Morgan fingerprint density at radius 2 is 2.31 bits per heavy atom. The van der Waals surface area contributed by atoms with E-state index in [9.17, 15) is 0 Å². The van der Waals surface area contributed by atoms with Crippen molar-refractivity contribution in [2.75, 3.05) is 20.1 Å². The van der Waals surface area contributed by atoms with Crippen molar-refractivity contribution in [3.05, 3.63) is 21.9 Å². The van der Waals surface area contributed by atoms with Crippen LogP contribution in [0.2, 0.25) is 0 Å². The molecule has 0 N–H and O–H groups in total. The van der Waals surface area contributed by atoms with Gasteiger partial charge in [0.25, 0.3) is 0 Å². The number of nitrogens with zero attached hydrogens (tertiary/aromatic N) is 2.